The smallest absolute Gasteiger partial charge is 0.322 e. The number of aromatic nitrogens is 2. The van der Waals surface area contributed by atoms with Gasteiger partial charge in [0, 0.05) is 37.4 Å². The zero-order valence-electron chi connectivity index (χ0n) is 18.0. The van der Waals surface area contributed by atoms with Gasteiger partial charge in [-0.15, -0.1) is 0 Å². The molecule has 3 rings (SSSR count). The van der Waals surface area contributed by atoms with Gasteiger partial charge in [0.05, 0.1) is 12.3 Å². The van der Waals surface area contributed by atoms with Crippen LogP contribution in [0.3, 0.4) is 0 Å². The Balaban J connectivity index is 1.68. The highest BCUT2D eigenvalue weighted by molar-refractivity contribution is 5.91. The first-order valence-corrected chi connectivity index (χ1v) is 10.3. The number of hydrogen-bond donors (Lipinski definition) is 1. The van der Waals surface area contributed by atoms with E-state index in [1.165, 1.54) is 5.56 Å². The van der Waals surface area contributed by atoms with Crippen molar-refractivity contribution in [3.8, 4) is 5.75 Å². The molecule has 1 aromatic heterocycles. The second kappa shape index (κ2) is 9.11. The minimum absolute atomic E-state index is 0.101. The average Bonchev–Trinajstić information content (AvgIpc) is 2.69. The van der Waals surface area contributed by atoms with Crippen molar-refractivity contribution in [1.82, 2.24) is 14.9 Å². The Morgan fingerprint density at radius 3 is 2.48 bits per heavy atom. The van der Waals surface area contributed by atoms with Crippen LogP contribution in [0, 0.1) is 13.8 Å². The monoisotopic (exact) mass is 397 g/mol. The van der Waals surface area contributed by atoms with Crippen LogP contribution in [0.4, 0.5) is 16.3 Å². The summed E-state index contributed by atoms with van der Waals surface area (Å²) in [6.07, 6.45) is 0. The van der Waals surface area contributed by atoms with Gasteiger partial charge in [-0.2, -0.15) is 0 Å². The van der Waals surface area contributed by atoms with Crippen LogP contribution >= 0.6 is 0 Å². The molecular weight excluding hydrogens is 366 g/mol. The number of carbonyl (C=O) groups is 1. The van der Waals surface area contributed by atoms with E-state index in [-0.39, 0.29) is 6.03 Å². The summed E-state index contributed by atoms with van der Waals surface area (Å²) in [6, 6.07) is 7.42. The molecule has 7 heteroatoms. The molecule has 7 nitrogen and oxygen atoms in total. The fourth-order valence-corrected chi connectivity index (χ4v) is 3.79. The summed E-state index contributed by atoms with van der Waals surface area (Å²) in [7, 11) is 0. The number of urea groups is 1. The van der Waals surface area contributed by atoms with Crippen molar-refractivity contribution in [2.45, 2.75) is 40.5 Å². The van der Waals surface area contributed by atoms with Gasteiger partial charge in [0.1, 0.15) is 17.4 Å². The van der Waals surface area contributed by atoms with Gasteiger partial charge < -0.3 is 19.9 Å². The molecule has 2 amide bonds. The number of para-hydroxylation sites is 2. The van der Waals surface area contributed by atoms with Crippen LogP contribution < -0.4 is 15.0 Å². The first kappa shape index (κ1) is 20.9. The van der Waals surface area contributed by atoms with E-state index < -0.39 is 0 Å². The molecular formula is C22H31N5O2. The van der Waals surface area contributed by atoms with E-state index in [2.05, 4.69) is 29.0 Å². The molecule has 2 aromatic rings. The lowest BCUT2D eigenvalue weighted by atomic mass is 10.0. The number of anilines is 2. The molecule has 1 aliphatic rings. The van der Waals surface area contributed by atoms with Crippen LogP contribution in [0.2, 0.25) is 0 Å². The van der Waals surface area contributed by atoms with Crippen LogP contribution in [0.25, 0.3) is 0 Å². The van der Waals surface area contributed by atoms with Crippen LogP contribution in [-0.2, 0) is 0 Å². The van der Waals surface area contributed by atoms with Gasteiger partial charge in [0.2, 0.25) is 0 Å². The van der Waals surface area contributed by atoms with Crippen molar-refractivity contribution in [1.29, 1.82) is 0 Å². The number of amides is 2. The van der Waals surface area contributed by atoms with Crippen molar-refractivity contribution in [2.24, 2.45) is 0 Å². The van der Waals surface area contributed by atoms with E-state index in [4.69, 9.17) is 9.72 Å². The molecule has 0 saturated carbocycles. The highest BCUT2D eigenvalue weighted by atomic mass is 16.5. The molecule has 29 heavy (non-hydrogen) atoms. The number of ether oxygens (including phenoxy) is 1. The van der Waals surface area contributed by atoms with E-state index in [0.29, 0.717) is 37.1 Å². The topological polar surface area (TPSA) is 70.6 Å². The Kier molecular flexibility index (Phi) is 6.56. The number of carbonyl (C=O) groups excluding carboxylic acids is 1. The maximum atomic E-state index is 12.8. The Morgan fingerprint density at radius 2 is 1.83 bits per heavy atom. The van der Waals surface area contributed by atoms with E-state index >= 15 is 0 Å². The normalized spacial score (nSPS) is 14.3. The summed E-state index contributed by atoms with van der Waals surface area (Å²) in [5.41, 5.74) is 2.93. The second-order valence-electron chi connectivity index (χ2n) is 7.58. The quantitative estimate of drug-likeness (QED) is 0.827. The lowest BCUT2D eigenvalue weighted by Crippen LogP contribution is -2.50. The zero-order chi connectivity index (χ0) is 21.0. The molecule has 0 bridgehead atoms. The molecule has 0 spiro atoms. The lowest BCUT2D eigenvalue weighted by Gasteiger charge is -2.37. The van der Waals surface area contributed by atoms with Crippen LogP contribution in [-0.4, -0.2) is 53.7 Å². The number of rotatable bonds is 5. The number of benzene rings is 1. The highest BCUT2D eigenvalue weighted by Crippen LogP contribution is 2.29. The Morgan fingerprint density at radius 1 is 1.14 bits per heavy atom. The number of aryl methyl sites for hydroxylation is 2. The molecule has 156 valence electrons. The van der Waals surface area contributed by atoms with Crippen molar-refractivity contribution in [3.63, 3.8) is 0 Å². The third kappa shape index (κ3) is 4.78. The predicted octanol–water partition coefficient (Wildman–Crippen LogP) is 3.97. The van der Waals surface area contributed by atoms with E-state index in [9.17, 15) is 4.79 Å². The number of piperazine rings is 1. The minimum Gasteiger partial charge on any atom is -0.492 e. The molecule has 0 aliphatic carbocycles. The van der Waals surface area contributed by atoms with E-state index in [1.54, 1.807) is 0 Å². The summed E-state index contributed by atoms with van der Waals surface area (Å²) in [5, 5.41) is 2.99. The molecule has 1 aromatic carbocycles. The number of nitrogens with one attached hydrogen (secondary N) is 1. The molecule has 0 atom stereocenters. The van der Waals surface area contributed by atoms with Gasteiger partial charge in [-0.25, -0.2) is 14.8 Å². The maximum absolute atomic E-state index is 12.8. The van der Waals surface area contributed by atoms with Crippen LogP contribution in [0.15, 0.2) is 24.3 Å². The van der Waals surface area contributed by atoms with Gasteiger partial charge in [0.25, 0.3) is 0 Å². The Bertz CT molecular complexity index is 860. The summed E-state index contributed by atoms with van der Waals surface area (Å²) in [6.45, 7) is 13.6. The van der Waals surface area contributed by atoms with Gasteiger partial charge in [-0.05, 0) is 38.8 Å². The molecule has 1 N–H and O–H groups in total. The molecule has 0 radical (unpaired) electrons. The molecule has 1 saturated heterocycles. The van der Waals surface area contributed by atoms with Crippen molar-refractivity contribution in [3.05, 3.63) is 41.3 Å². The van der Waals surface area contributed by atoms with Gasteiger partial charge in [-0.1, -0.05) is 26.0 Å². The molecule has 1 fully saturated rings. The van der Waals surface area contributed by atoms with Gasteiger partial charge in [-0.3, -0.25) is 0 Å². The predicted molar refractivity (Wildman–Crippen MR) is 116 cm³/mol. The lowest BCUT2D eigenvalue weighted by molar-refractivity contribution is 0.208. The largest absolute Gasteiger partial charge is 0.492 e. The Labute approximate surface area is 173 Å². The standard InChI is InChI=1S/C22H31N5O2/c1-6-29-19-10-8-7-9-18(19)25-22(28)27-13-11-26(12-14-27)21-20(15(2)3)16(4)23-17(5)24-21/h7-10,15H,6,11-14H2,1-5H3,(H,25,28). The highest BCUT2D eigenvalue weighted by Gasteiger charge is 2.26. The Hall–Kier alpha value is -2.83. The first-order valence-electron chi connectivity index (χ1n) is 10.3. The summed E-state index contributed by atoms with van der Waals surface area (Å²) < 4.78 is 5.60. The van der Waals surface area contributed by atoms with Gasteiger partial charge in [0.15, 0.2) is 0 Å². The maximum Gasteiger partial charge on any atom is 0.322 e. The third-order valence-corrected chi connectivity index (χ3v) is 5.10. The van der Waals surface area contributed by atoms with E-state index in [0.717, 1.165) is 30.4 Å². The minimum atomic E-state index is -0.101. The van der Waals surface area contributed by atoms with Crippen molar-refractivity contribution in [2.75, 3.05) is 43.0 Å². The summed E-state index contributed by atoms with van der Waals surface area (Å²) >= 11 is 0. The van der Waals surface area contributed by atoms with Crippen LogP contribution in [0.1, 0.15) is 43.8 Å². The molecule has 1 aliphatic heterocycles. The molecule has 0 unspecified atom stereocenters. The van der Waals surface area contributed by atoms with Crippen molar-refractivity contribution >= 4 is 17.5 Å². The van der Waals surface area contributed by atoms with E-state index in [1.807, 2.05) is 49.9 Å². The average molecular weight is 398 g/mol. The molecule has 2 heterocycles. The van der Waals surface area contributed by atoms with Crippen molar-refractivity contribution < 1.29 is 9.53 Å². The fourth-order valence-electron chi connectivity index (χ4n) is 3.79. The van der Waals surface area contributed by atoms with Gasteiger partial charge >= 0.3 is 6.03 Å². The summed E-state index contributed by atoms with van der Waals surface area (Å²) in [4.78, 5) is 26.1. The number of nitrogens with zero attached hydrogens (tertiary/aromatic N) is 4. The summed E-state index contributed by atoms with van der Waals surface area (Å²) in [5.74, 6) is 2.83. The third-order valence-electron chi connectivity index (χ3n) is 5.10. The second-order valence-corrected chi connectivity index (χ2v) is 7.58. The number of hydrogen-bond acceptors (Lipinski definition) is 5. The first-order chi connectivity index (χ1) is 13.9. The fraction of sp³-hybridized carbons (Fsp3) is 0.500. The SMILES string of the molecule is CCOc1ccccc1NC(=O)N1CCN(c2nc(C)nc(C)c2C(C)C)CC1. The zero-order valence-corrected chi connectivity index (χ0v) is 18.0. The van der Waals surface area contributed by atoms with Crippen LogP contribution in [0.5, 0.6) is 5.75 Å².